The fourth-order valence-electron chi connectivity index (χ4n) is 1.66. The topological polar surface area (TPSA) is 17.8 Å². The summed E-state index contributed by atoms with van der Waals surface area (Å²) in [7, 11) is 0. The van der Waals surface area contributed by atoms with E-state index in [4.69, 9.17) is 0 Å². The highest BCUT2D eigenvalue weighted by molar-refractivity contribution is 9.11. The molecule has 2 aromatic rings. The zero-order valence-corrected chi connectivity index (χ0v) is 9.68. The number of hydrogen-bond acceptors (Lipinski definition) is 2. The fraction of sp³-hybridized carbons (Fsp3) is 0.100. The van der Waals surface area contributed by atoms with Crippen LogP contribution >= 0.6 is 27.7 Å². The second kappa shape index (κ2) is 3.14. The predicted octanol–water partition coefficient (Wildman–Crippen LogP) is 3.34. The molecule has 0 aliphatic carbocycles. The van der Waals surface area contributed by atoms with Gasteiger partial charge in [-0.3, -0.25) is 4.57 Å². The third kappa shape index (κ3) is 1.07. The molecule has 1 aromatic carbocycles. The fourth-order valence-corrected chi connectivity index (χ4v) is 3.24. The number of benzene rings is 1. The van der Waals surface area contributed by atoms with Crippen molar-refractivity contribution < 1.29 is 0 Å². The first-order chi connectivity index (χ1) is 6.90. The highest BCUT2D eigenvalue weighted by atomic mass is 79.9. The van der Waals surface area contributed by atoms with Gasteiger partial charge in [-0.25, -0.2) is 4.98 Å². The SMILES string of the molecule is Br/C=C1/CSc2nc3ccccc3n21. The highest BCUT2D eigenvalue weighted by Crippen LogP contribution is 2.36. The molecule has 70 valence electrons. The van der Waals surface area contributed by atoms with Gasteiger partial charge < -0.3 is 0 Å². The Morgan fingerprint density at radius 3 is 3.14 bits per heavy atom. The van der Waals surface area contributed by atoms with Crippen molar-refractivity contribution in [2.24, 2.45) is 0 Å². The molecule has 14 heavy (non-hydrogen) atoms. The van der Waals surface area contributed by atoms with Crippen molar-refractivity contribution in [3.63, 3.8) is 0 Å². The quantitative estimate of drug-likeness (QED) is 0.728. The summed E-state index contributed by atoms with van der Waals surface area (Å²) in [4.78, 5) is 6.53. The van der Waals surface area contributed by atoms with Crippen molar-refractivity contribution in [2.75, 3.05) is 5.75 Å². The molecule has 0 spiro atoms. The molecule has 0 N–H and O–H groups in total. The van der Waals surface area contributed by atoms with Gasteiger partial charge in [0.2, 0.25) is 0 Å². The molecular weight excluding hydrogens is 260 g/mol. The van der Waals surface area contributed by atoms with Gasteiger partial charge in [-0.05, 0) is 12.1 Å². The molecule has 1 aliphatic rings. The molecule has 2 heterocycles. The summed E-state index contributed by atoms with van der Waals surface area (Å²) in [5.74, 6) is 0.998. The molecule has 0 atom stereocenters. The Labute approximate surface area is 94.1 Å². The monoisotopic (exact) mass is 266 g/mol. The van der Waals surface area contributed by atoms with Gasteiger partial charge in [0.25, 0.3) is 0 Å². The molecule has 0 fully saturated rings. The standard InChI is InChI=1S/C10H7BrN2S/c11-5-7-6-14-10-12-8-3-1-2-4-9(8)13(7)10/h1-5H,6H2/b7-5-. The van der Waals surface area contributed by atoms with Gasteiger partial charge in [0.15, 0.2) is 5.16 Å². The third-order valence-corrected chi connectivity index (χ3v) is 3.79. The van der Waals surface area contributed by atoms with E-state index in [1.807, 2.05) is 23.2 Å². The van der Waals surface area contributed by atoms with Crippen molar-refractivity contribution in [1.82, 2.24) is 9.55 Å². The number of fused-ring (bicyclic) bond motifs is 3. The maximum absolute atomic E-state index is 4.56. The summed E-state index contributed by atoms with van der Waals surface area (Å²) >= 11 is 5.17. The number of imidazole rings is 1. The first kappa shape index (κ1) is 8.56. The molecule has 0 amide bonds. The average Bonchev–Trinajstić information content (AvgIpc) is 2.75. The van der Waals surface area contributed by atoms with Crippen LogP contribution in [0.1, 0.15) is 0 Å². The lowest BCUT2D eigenvalue weighted by Gasteiger charge is -1.99. The number of para-hydroxylation sites is 2. The highest BCUT2D eigenvalue weighted by Gasteiger charge is 2.20. The minimum atomic E-state index is 0.998. The molecule has 1 aliphatic heterocycles. The molecule has 3 rings (SSSR count). The second-order valence-electron chi connectivity index (χ2n) is 3.11. The molecule has 0 saturated carbocycles. The molecule has 0 radical (unpaired) electrons. The predicted molar refractivity (Wildman–Crippen MR) is 63.7 cm³/mol. The molecular formula is C10H7BrN2S. The molecule has 1 aromatic heterocycles. The van der Waals surface area contributed by atoms with Crippen molar-refractivity contribution in [3.8, 4) is 0 Å². The molecule has 0 bridgehead atoms. The summed E-state index contributed by atoms with van der Waals surface area (Å²) < 4.78 is 2.20. The molecule has 4 heteroatoms. The average molecular weight is 267 g/mol. The zero-order chi connectivity index (χ0) is 9.54. The number of hydrogen-bond donors (Lipinski definition) is 0. The van der Waals surface area contributed by atoms with E-state index < -0.39 is 0 Å². The van der Waals surface area contributed by atoms with Gasteiger partial charge in [-0.2, -0.15) is 0 Å². The van der Waals surface area contributed by atoms with Crippen LogP contribution in [0.2, 0.25) is 0 Å². The van der Waals surface area contributed by atoms with Crippen LogP contribution in [0.15, 0.2) is 34.4 Å². The minimum Gasteiger partial charge on any atom is -0.290 e. The molecule has 0 saturated heterocycles. The lowest BCUT2D eigenvalue weighted by Crippen LogP contribution is -1.90. The largest absolute Gasteiger partial charge is 0.290 e. The van der Waals surface area contributed by atoms with Crippen LogP contribution in [0.25, 0.3) is 16.7 Å². The van der Waals surface area contributed by atoms with Crippen molar-refractivity contribution in [1.29, 1.82) is 0 Å². The van der Waals surface area contributed by atoms with Crippen LogP contribution in [0, 0.1) is 0 Å². The summed E-state index contributed by atoms with van der Waals surface area (Å²) in [6, 6.07) is 8.22. The van der Waals surface area contributed by atoms with E-state index >= 15 is 0 Å². The van der Waals surface area contributed by atoms with Gasteiger partial charge in [0.05, 0.1) is 11.0 Å². The lowest BCUT2D eigenvalue weighted by atomic mass is 10.3. The number of rotatable bonds is 0. The Hall–Kier alpha value is -0.740. The first-order valence-corrected chi connectivity index (χ1v) is 6.20. The van der Waals surface area contributed by atoms with Crippen LogP contribution in [0.5, 0.6) is 0 Å². The summed E-state index contributed by atoms with van der Waals surface area (Å²) in [5.41, 5.74) is 3.53. The third-order valence-electron chi connectivity index (χ3n) is 2.29. The van der Waals surface area contributed by atoms with E-state index in [9.17, 15) is 0 Å². The minimum absolute atomic E-state index is 0.998. The zero-order valence-electron chi connectivity index (χ0n) is 7.27. The lowest BCUT2D eigenvalue weighted by molar-refractivity contribution is 0.964. The van der Waals surface area contributed by atoms with Crippen LogP contribution < -0.4 is 0 Å². The summed E-state index contributed by atoms with van der Waals surface area (Å²) in [6.45, 7) is 0. The van der Waals surface area contributed by atoms with Crippen LogP contribution in [0.3, 0.4) is 0 Å². The van der Waals surface area contributed by atoms with E-state index in [1.54, 1.807) is 11.8 Å². The van der Waals surface area contributed by atoms with E-state index in [0.717, 1.165) is 16.4 Å². The van der Waals surface area contributed by atoms with Crippen LogP contribution in [0.4, 0.5) is 0 Å². The van der Waals surface area contributed by atoms with E-state index in [1.165, 1.54) is 11.2 Å². The van der Waals surface area contributed by atoms with E-state index in [2.05, 4.69) is 31.5 Å². The van der Waals surface area contributed by atoms with Crippen molar-refractivity contribution >= 4 is 44.4 Å². The smallest absolute Gasteiger partial charge is 0.173 e. The Kier molecular flexibility index (Phi) is 1.92. The second-order valence-corrected chi connectivity index (χ2v) is 4.51. The van der Waals surface area contributed by atoms with Gasteiger partial charge >= 0.3 is 0 Å². The first-order valence-electron chi connectivity index (χ1n) is 4.30. The van der Waals surface area contributed by atoms with Gasteiger partial charge in [0.1, 0.15) is 0 Å². The van der Waals surface area contributed by atoms with Gasteiger partial charge in [0, 0.05) is 16.4 Å². The summed E-state index contributed by atoms with van der Waals surface area (Å²) in [6.07, 6.45) is 0. The normalized spacial score (nSPS) is 17.9. The Balaban J connectivity index is 2.40. The molecule has 2 nitrogen and oxygen atoms in total. The Morgan fingerprint density at radius 2 is 2.29 bits per heavy atom. The van der Waals surface area contributed by atoms with Crippen LogP contribution in [-0.4, -0.2) is 15.3 Å². The number of nitrogens with zero attached hydrogens (tertiary/aromatic N) is 2. The van der Waals surface area contributed by atoms with E-state index in [0.29, 0.717) is 0 Å². The summed E-state index contributed by atoms with van der Waals surface area (Å²) in [5, 5.41) is 1.09. The van der Waals surface area contributed by atoms with E-state index in [-0.39, 0.29) is 0 Å². The maximum Gasteiger partial charge on any atom is 0.173 e. The van der Waals surface area contributed by atoms with Crippen LogP contribution in [-0.2, 0) is 0 Å². The van der Waals surface area contributed by atoms with Gasteiger partial charge in [-0.1, -0.05) is 39.8 Å². The number of aromatic nitrogens is 2. The Morgan fingerprint density at radius 1 is 1.43 bits per heavy atom. The maximum atomic E-state index is 4.56. The Bertz CT molecular complexity index is 530. The van der Waals surface area contributed by atoms with Gasteiger partial charge in [-0.15, -0.1) is 0 Å². The number of halogens is 1. The molecule has 0 unspecified atom stereocenters. The van der Waals surface area contributed by atoms with Crippen molar-refractivity contribution in [3.05, 3.63) is 29.3 Å². The number of thioether (sulfide) groups is 1. The van der Waals surface area contributed by atoms with Crippen molar-refractivity contribution in [2.45, 2.75) is 5.16 Å².